The Bertz CT molecular complexity index is 749. The van der Waals surface area contributed by atoms with Crippen LogP contribution in [0.15, 0.2) is 24.3 Å². The molecule has 3 rings (SSSR count). The van der Waals surface area contributed by atoms with E-state index in [0.29, 0.717) is 17.0 Å². The maximum atomic E-state index is 14.2. The van der Waals surface area contributed by atoms with Crippen LogP contribution in [0.25, 0.3) is 11.1 Å². The van der Waals surface area contributed by atoms with E-state index in [9.17, 15) is 9.65 Å². The predicted molar refractivity (Wildman–Crippen MR) is 80.5 cm³/mol. The van der Waals surface area contributed by atoms with Crippen LogP contribution in [0.4, 0.5) is 4.39 Å². The molecule has 1 aliphatic carbocycles. The second-order valence-corrected chi connectivity index (χ2v) is 5.88. The average Bonchev–Trinajstić information content (AvgIpc) is 2.47. The predicted octanol–water partition coefficient (Wildman–Crippen LogP) is 4.54. The van der Waals surface area contributed by atoms with Gasteiger partial charge in [-0.3, -0.25) is 0 Å². The van der Waals surface area contributed by atoms with Crippen LogP contribution < -0.4 is 0 Å². The lowest BCUT2D eigenvalue weighted by molar-refractivity contribution is 0.494. The molecule has 1 aromatic heterocycles. The summed E-state index contributed by atoms with van der Waals surface area (Å²) in [6, 6.07) is 8.61. The molecule has 0 bridgehead atoms. The number of nitriles is 1. The molecule has 1 unspecified atom stereocenters. The second-order valence-electron chi connectivity index (χ2n) is 5.52. The van der Waals surface area contributed by atoms with E-state index in [4.69, 9.17) is 11.6 Å². The van der Waals surface area contributed by atoms with E-state index in [0.717, 1.165) is 30.5 Å². The van der Waals surface area contributed by atoms with Gasteiger partial charge in [-0.15, -0.1) is 0 Å². The van der Waals surface area contributed by atoms with Crippen LogP contribution in [0.5, 0.6) is 0 Å². The van der Waals surface area contributed by atoms with Gasteiger partial charge in [0, 0.05) is 16.8 Å². The van der Waals surface area contributed by atoms with E-state index in [1.807, 2.05) is 0 Å². The molecule has 1 atom stereocenters. The minimum Gasteiger partial charge on any atom is -0.239 e. The normalized spacial score (nSPS) is 17.1. The Morgan fingerprint density at radius 2 is 2.14 bits per heavy atom. The number of halogens is 2. The summed E-state index contributed by atoms with van der Waals surface area (Å²) in [6.07, 6.45) is 2.67. The highest BCUT2D eigenvalue weighted by Gasteiger charge is 2.26. The van der Waals surface area contributed by atoms with E-state index in [2.05, 4.69) is 18.0 Å². The van der Waals surface area contributed by atoms with Gasteiger partial charge in [0.1, 0.15) is 17.0 Å². The summed E-state index contributed by atoms with van der Waals surface area (Å²) < 4.78 is 14.2. The molecule has 1 aliphatic rings. The Labute approximate surface area is 128 Å². The minimum absolute atomic E-state index is 0.170. The van der Waals surface area contributed by atoms with Crippen molar-refractivity contribution in [2.24, 2.45) is 5.92 Å². The van der Waals surface area contributed by atoms with Crippen molar-refractivity contribution in [2.75, 3.05) is 0 Å². The van der Waals surface area contributed by atoms with E-state index >= 15 is 0 Å². The van der Waals surface area contributed by atoms with Gasteiger partial charge < -0.3 is 0 Å². The smallest absolute Gasteiger partial charge is 0.147 e. The third kappa shape index (κ3) is 2.41. The lowest BCUT2D eigenvalue weighted by Gasteiger charge is -2.24. The fourth-order valence-corrected chi connectivity index (χ4v) is 3.20. The first-order valence-electron chi connectivity index (χ1n) is 6.98. The van der Waals surface area contributed by atoms with E-state index in [1.165, 1.54) is 6.07 Å². The largest absolute Gasteiger partial charge is 0.239 e. The zero-order valence-corrected chi connectivity index (χ0v) is 12.4. The van der Waals surface area contributed by atoms with Crippen molar-refractivity contribution in [2.45, 2.75) is 26.2 Å². The standard InChI is InChI=1S/C17H14ClFN2/c1-10-6-7-15-12(8-10)16(13(9-20)17(18)21-15)11-4-2-3-5-14(11)19/h2-5,10H,6-8H2,1H3. The molecule has 106 valence electrons. The van der Waals surface area contributed by atoms with Gasteiger partial charge in [-0.1, -0.05) is 36.7 Å². The Morgan fingerprint density at radius 3 is 2.86 bits per heavy atom. The number of rotatable bonds is 1. The van der Waals surface area contributed by atoms with Crippen molar-refractivity contribution >= 4 is 11.6 Å². The summed E-state index contributed by atoms with van der Waals surface area (Å²) in [6.45, 7) is 2.16. The van der Waals surface area contributed by atoms with Gasteiger partial charge >= 0.3 is 0 Å². The average molecular weight is 301 g/mol. The SMILES string of the molecule is CC1CCc2nc(Cl)c(C#N)c(-c3ccccc3F)c2C1. The van der Waals surface area contributed by atoms with E-state index in [-0.39, 0.29) is 16.5 Å². The van der Waals surface area contributed by atoms with Crippen LogP contribution in [0.2, 0.25) is 5.15 Å². The van der Waals surface area contributed by atoms with Gasteiger partial charge in [0.15, 0.2) is 0 Å². The highest BCUT2D eigenvalue weighted by molar-refractivity contribution is 6.31. The number of nitrogens with zero attached hydrogens (tertiary/aromatic N) is 2. The Balaban J connectivity index is 2.35. The zero-order chi connectivity index (χ0) is 15.0. The molecule has 0 aliphatic heterocycles. The van der Waals surface area contributed by atoms with E-state index in [1.54, 1.807) is 18.2 Å². The molecule has 0 N–H and O–H groups in total. The number of aryl methyl sites for hydroxylation is 1. The zero-order valence-electron chi connectivity index (χ0n) is 11.7. The molecule has 0 radical (unpaired) electrons. The molecular weight excluding hydrogens is 287 g/mol. The van der Waals surface area contributed by atoms with Gasteiger partial charge in [0.2, 0.25) is 0 Å². The number of benzene rings is 1. The fourth-order valence-electron chi connectivity index (χ4n) is 2.96. The maximum absolute atomic E-state index is 14.2. The minimum atomic E-state index is -0.336. The molecule has 1 heterocycles. The van der Waals surface area contributed by atoms with Crippen molar-refractivity contribution in [3.05, 3.63) is 52.1 Å². The molecule has 2 aromatic rings. The van der Waals surface area contributed by atoms with Crippen LogP contribution in [-0.4, -0.2) is 4.98 Å². The molecule has 2 nitrogen and oxygen atoms in total. The molecule has 4 heteroatoms. The Morgan fingerprint density at radius 1 is 1.38 bits per heavy atom. The summed E-state index contributed by atoms with van der Waals surface area (Å²) in [7, 11) is 0. The third-order valence-corrected chi connectivity index (χ3v) is 4.29. The van der Waals surface area contributed by atoms with Gasteiger partial charge in [-0.2, -0.15) is 5.26 Å². The Kier molecular flexibility index (Phi) is 3.65. The van der Waals surface area contributed by atoms with Crippen LogP contribution >= 0.6 is 11.6 Å². The van der Waals surface area contributed by atoms with Gasteiger partial charge in [0.25, 0.3) is 0 Å². The number of fused-ring (bicyclic) bond motifs is 1. The molecule has 0 fully saturated rings. The van der Waals surface area contributed by atoms with Gasteiger partial charge in [-0.25, -0.2) is 9.37 Å². The molecule has 0 spiro atoms. The molecule has 1 aromatic carbocycles. The number of pyridine rings is 1. The third-order valence-electron chi connectivity index (χ3n) is 4.02. The molecule has 0 saturated carbocycles. The van der Waals surface area contributed by atoms with Crippen LogP contribution in [0.1, 0.15) is 30.2 Å². The second kappa shape index (κ2) is 5.46. The molecular formula is C17H14ClFN2. The van der Waals surface area contributed by atoms with Crippen molar-refractivity contribution in [1.82, 2.24) is 4.98 Å². The molecule has 0 saturated heterocycles. The van der Waals surface area contributed by atoms with Gasteiger partial charge in [0.05, 0.1) is 5.56 Å². The quantitative estimate of drug-likeness (QED) is 0.725. The number of aromatic nitrogens is 1. The number of hydrogen-bond donors (Lipinski definition) is 0. The van der Waals surface area contributed by atoms with Crippen molar-refractivity contribution < 1.29 is 4.39 Å². The lowest BCUT2D eigenvalue weighted by atomic mass is 9.82. The summed E-state index contributed by atoms with van der Waals surface area (Å²) in [5.74, 6) is 0.161. The Hall–Kier alpha value is -1.92. The van der Waals surface area contributed by atoms with Gasteiger partial charge in [-0.05, 0) is 36.8 Å². The van der Waals surface area contributed by atoms with Crippen molar-refractivity contribution in [3.8, 4) is 17.2 Å². The summed E-state index contributed by atoms with van der Waals surface area (Å²) in [5.41, 5.74) is 3.20. The first kappa shape index (κ1) is 14.0. The van der Waals surface area contributed by atoms with Crippen LogP contribution in [0, 0.1) is 23.1 Å². The highest BCUT2D eigenvalue weighted by Crippen LogP contribution is 2.38. The molecule has 0 amide bonds. The topological polar surface area (TPSA) is 36.7 Å². The summed E-state index contributed by atoms with van der Waals surface area (Å²) >= 11 is 6.15. The lowest BCUT2D eigenvalue weighted by Crippen LogP contribution is -2.16. The fraction of sp³-hybridized carbons (Fsp3) is 0.294. The monoisotopic (exact) mass is 300 g/mol. The van der Waals surface area contributed by atoms with E-state index < -0.39 is 0 Å². The highest BCUT2D eigenvalue weighted by atomic mass is 35.5. The van der Waals surface area contributed by atoms with Crippen molar-refractivity contribution in [1.29, 1.82) is 5.26 Å². The van der Waals surface area contributed by atoms with Crippen LogP contribution in [-0.2, 0) is 12.8 Å². The first-order chi connectivity index (χ1) is 10.1. The summed E-state index contributed by atoms with van der Waals surface area (Å²) in [5, 5.41) is 9.59. The number of hydrogen-bond acceptors (Lipinski definition) is 2. The van der Waals surface area contributed by atoms with Crippen LogP contribution in [0.3, 0.4) is 0 Å². The molecule has 21 heavy (non-hydrogen) atoms. The maximum Gasteiger partial charge on any atom is 0.147 e. The first-order valence-corrected chi connectivity index (χ1v) is 7.36. The summed E-state index contributed by atoms with van der Waals surface area (Å²) in [4.78, 5) is 4.36. The van der Waals surface area contributed by atoms with Crippen molar-refractivity contribution in [3.63, 3.8) is 0 Å².